The number of aryl methyl sites for hydroxylation is 1. The van der Waals surface area contributed by atoms with Gasteiger partial charge in [-0.05, 0) is 13.0 Å². The van der Waals surface area contributed by atoms with Crippen molar-refractivity contribution >= 4 is 5.97 Å². The van der Waals surface area contributed by atoms with Crippen molar-refractivity contribution in [2.45, 2.75) is 19.8 Å². The third kappa shape index (κ3) is 2.13. The lowest BCUT2D eigenvalue weighted by Gasteiger charge is -2.27. The molecular weight excluding hydrogens is 222 g/mol. The van der Waals surface area contributed by atoms with Crippen LogP contribution in [0.25, 0.3) is 0 Å². The summed E-state index contributed by atoms with van der Waals surface area (Å²) in [5.41, 5.74) is 1.76. The lowest BCUT2D eigenvalue weighted by Crippen LogP contribution is -2.33. The molecule has 0 radical (unpaired) electrons. The summed E-state index contributed by atoms with van der Waals surface area (Å²) in [6, 6.07) is 5.37. The van der Waals surface area contributed by atoms with Gasteiger partial charge < -0.3 is 4.74 Å². The van der Waals surface area contributed by atoms with Crippen LogP contribution in [0.5, 0.6) is 5.75 Å². The van der Waals surface area contributed by atoms with Crippen LogP contribution < -0.4 is 4.74 Å². The predicted octanol–water partition coefficient (Wildman–Crippen LogP) is 1.91. The van der Waals surface area contributed by atoms with E-state index < -0.39 is 17.8 Å². The van der Waals surface area contributed by atoms with Gasteiger partial charge in [0.2, 0.25) is 6.54 Å². The van der Waals surface area contributed by atoms with Crippen LogP contribution in [0.15, 0.2) is 18.2 Å². The fourth-order valence-corrected chi connectivity index (χ4v) is 2.10. The summed E-state index contributed by atoms with van der Waals surface area (Å²) in [6.45, 7) is 3.33. The van der Waals surface area contributed by atoms with Crippen molar-refractivity contribution < 1.29 is 14.5 Å². The minimum atomic E-state index is -0.477. The average molecular weight is 235 g/mol. The first kappa shape index (κ1) is 11.6. The number of esters is 1. The first-order chi connectivity index (χ1) is 7.99. The van der Waals surface area contributed by atoms with E-state index in [0.717, 1.165) is 11.1 Å². The monoisotopic (exact) mass is 235 g/mol. The van der Waals surface area contributed by atoms with E-state index in [0.29, 0.717) is 5.75 Å². The molecule has 2 rings (SSSR count). The second-order valence-electron chi connectivity index (χ2n) is 4.37. The van der Waals surface area contributed by atoms with Gasteiger partial charge in [0.15, 0.2) is 0 Å². The fourth-order valence-electron chi connectivity index (χ4n) is 2.10. The maximum Gasteiger partial charge on any atom is 0.314 e. The lowest BCUT2D eigenvalue weighted by molar-refractivity contribution is -0.484. The Hall–Kier alpha value is -1.91. The molecule has 0 N–H and O–H groups in total. The van der Waals surface area contributed by atoms with Crippen LogP contribution in [0, 0.1) is 23.0 Å². The molecule has 0 spiro atoms. The molecule has 0 bridgehead atoms. The molecule has 17 heavy (non-hydrogen) atoms. The number of nitrogens with zero attached hydrogens (tertiary/aromatic N) is 1. The number of carbonyl (C=O) groups excluding carboxylic acids is 1. The highest BCUT2D eigenvalue weighted by Crippen LogP contribution is 2.38. The van der Waals surface area contributed by atoms with Crippen LogP contribution in [0.1, 0.15) is 24.0 Å². The lowest BCUT2D eigenvalue weighted by atomic mass is 9.84. The maximum atomic E-state index is 11.6. The number of nitro groups is 1. The summed E-state index contributed by atoms with van der Waals surface area (Å²) < 4.78 is 5.15. The van der Waals surface area contributed by atoms with Crippen molar-refractivity contribution in [1.29, 1.82) is 0 Å². The van der Waals surface area contributed by atoms with Gasteiger partial charge in [0, 0.05) is 10.5 Å². The Balaban J connectivity index is 2.46. The highest BCUT2D eigenvalue weighted by Gasteiger charge is 2.37. The van der Waals surface area contributed by atoms with E-state index in [-0.39, 0.29) is 11.5 Å². The Labute approximate surface area is 98.5 Å². The van der Waals surface area contributed by atoms with Gasteiger partial charge in [0.05, 0.1) is 11.8 Å². The van der Waals surface area contributed by atoms with Crippen LogP contribution in [0.4, 0.5) is 0 Å². The number of rotatable bonds is 2. The van der Waals surface area contributed by atoms with Crippen molar-refractivity contribution in [2.24, 2.45) is 5.92 Å². The van der Waals surface area contributed by atoms with E-state index in [1.54, 1.807) is 13.0 Å². The molecule has 0 aliphatic carbocycles. The molecule has 0 saturated carbocycles. The zero-order valence-corrected chi connectivity index (χ0v) is 9.67. The zero-order chi connectivity index (χ0) is 12.6. The Morgan fingerprint density at radius 2 is 2.18 bits per heavy atom. The van der Waals surface area contributed by atoms with Gasteiger partial charge in [-0.2, -0.15) is 0 Å². The first-order valence-corrected chi connectivity index (χ1v) is 5.43. The number of hydrogen-bond donors (Lipinski definition) is 0. The molecule has 0 aromatic heterocycles. The second kappa shape index (κ2) is 4.16. The average Bonchev–Trinajstić information content (AvgIpc) is 2.25. The molecule has 1 aromatic carbocycles. The van der Waals surface area contributed by atoms with Crippen LogP contribution in [0.2, 0.25) is 0 Å². The minimum absolute atomic E-state index is 0.243. The normalized spacial score (nSPS) is 22.8. The molecule has 0 amide bonds. The molecule has 1 aliphatic heterocycles. The highest BCUT2D eigenvalue weighted by atomic mass is 16.6. The van der Waals surface area contributed by atoms with Crippen LogP contribution in [0.3, 0.4) is 0 Å². The Kier molecular flexibility index (Phi) is 2.83. The van der Waals surface area contributed by atoms with E-state index in [1.165, 1.54) is 0 Å². The van der Waals surface area contributed by atoms with Crippen molar-refractivity contribution in [3.8, 4) is 5.75 Å². The van der Waals surface area contributed by atoms with Gasteiger partial charge in [-0.15, -0.1) is 0 Å². The summed E-state index contributed by atoms with van der Waals surface area (Å²) in [6.07, 6.45) is 0. The molecule has 5 heteroatoms. The molecule has 1 aliphatic rings. The van der Waals surface area contributed by atoms with Crippen molar-refractivity contribution in [3.63, 3.8) is 0 Å². The third-order valence-electron chi connectivity index (χ3n) is 3.10. The molecule has 1 aromatic rings. The molecule has 2 unspecified atom stereocenters. The summed E-state index contributed by atoms with van der Waals surface area (Å²) in [5, 5.41) is 10.7. The number of benzene rings is 1. The van der Waals surface area contributed by atoms with Gasteiger partial charge in [-0.1, -0.05) is 24.6 Å². The van der Waals surface area contributed by atoms with E-state index in [4.69, 9.17) is 4.74 Å². The number of ether oxygens (including phenoxy) is 1. The Morgan fingerprint density at radius 1 is 1.47 bits per heavy atom. The van der Waals surface area contributed by atoms with Gasteiger partial charge in [0.25, 0.3) is 0 Å². The fraction of sp³-hybridized carbons (Fsp3) is 0.417. The molecular formula is C12H13NO4. The van der Waals surface area contributed by atoms with E-state index in [2.05, 4.69) is 0 Å². The minimum Gasteiger partial charge on any atom is -0.426 e. The summed E-state index contributed by atoms with van der Waals surface area (Å²) in [7, 11) is 0. The van der Waals surface area contributed by atoms with Crippen molar-refractivity contribution in [3.05, 3.63) is 39.4 Å². The van der Waals surface area contributed by atoms with Crippen molar-refractivity contribution in [1.82, 2.24) is 0 Å². The summed E-state index contributed by atoms with van der Waals surface area (Å²) in [4.78, 5) is 21.9. The SMILES string of the molecule is Cc1ccc2c(c1)C(C[N+](=O)[O-])C(C)C(=O)O2. The molecule has 2 atom stereocenters. The number of hydrogen-bond acceptors (Lipinski definition) is 4. The maximum absolute atomic E-state index is 11.6. The molecule has 0 fully saturated rings. The van der Waals surface area contributed by atoms with Crippen LogP contribution in [-0.4, -0.2) is 17.4 Å². The predicted molar refractivity (Wildman–Crippen MR) is 60.6 cm³/mol. The zero-order valence-electron chi connectivity index (χ0n) is 9.67. The molecule has 0 saturated heterocycles. The Bertz CT molecular complexity index is 483. The molecule has 1 heterocycles. The van der Waals surface area contributed by atoms with Crippen LogP contribution >= 0.6 is 0 Å². The Morgan fingerprint density at radius 3 is 2.82 bits per heavy atom. The van der Waals surface area contributed by atoms with Gasteiger partial charge in [0.1, 0.15) is 5.75 Å². The topological polar surface area (TPSA) is 69.4 Å². The number of fused-ring (bicyclic) bond motifs is 1. The van der Waals surface area contributed by atoms with Gasteiger partial charge >= 0.3 is 5.97 Å². The first-order valence-electron chi connectivity index (χ1n) is 5.43. The number of carbonyl (C=O) groups is 1. The summed E-state index contributed by atoms with van der Waals surface area (Å²) in [5.74, 6) is -0.824. The van der Waals surface area contributed by atoms with E-state index in [1.807, 2.05) is 19.1 Å². The largest absolute Gasteiger partial charge is 0.426 e. The van der Waals surface area contributed by atoms with Crippen molar-refractivity contribution in [2.75, 3.05) is 6.54 Å². The van der Waals surface area contributed by atoms with Crippen LogP contribution in [-0.2, 0) is 4.79 Å². The standard InChI is InChI=1S/C12H13NO4/c1-7-3-4-11-9(5-7)10(6-13(15)16)8(2)12(14)17-11/h3-5,8,10H,6H2,1-2H3. The van der Waals surface area contributed by atoms with E-state index in [9.17, 15) is 14.9 Å². The van der Waals surface area contributed by atoms with Gasteiger partial charge in [-0.3, -0.25) is 14.9 Å². The molecule has 5 nitrogen and oxygen atoms in total. The van der Waals surface area contributed by atoms with Gasteiger partial charge in [-0.25, -0.2) is 0 Å². The molecule has 90 valence electrons. The second-order valence-corrected chi connectivity index (χ2v) is 4.37. The third-order valence-corrected chi connectivity index (χ3v) is 3.10. The smallest absolute Gasteiger partial charge is 0.314 e. The summed E-state index contributed by atoms with van der Waals surface area (Å²) >= 11 is 0. The quantitative estimate of drug-likeness (QED) is 0.340. The highest BCUT2D eigenvalue weighted by molar-refractivity contribution is 5.79. The van der Waals surface area contributed by atoms with E-state index >= 15 is 0 Å².